The molecule has 1 atom stereocenters. The number of nitrogens with zero attached hydrogens (tertiary/aromatic N) is 3. The first-order chi connectivity index (χ1) is 9.76. The normalized spacial score (nSPS) is 19.7. The monoisotopic (exact) mass is 294 g/mol. The number of aryl methyl sites for hydroxylation is 1. The number of nitrogens with two attached hydrogens (primary N) is 1. The molecule has 2 rings (SSSR count). The van der Waals surface area contributed by atoms with Crippen molar-refractivity contribution in [1.82, 2.24) is 15.1 Å². The van der Waals surface area contributed by atoms with Gasteiger partial charge in [-0.2, -0.15) is 5.10 Å². The summed E-state index contributed by atoms with van der Waals surface area (Å²) in [6, 6.07) is 1.87. The smallest absolute Gasteiger partial charge is 0.216 e. The van der Waals surface area contributed by atoms with Crippen LogP contribution in [-0.2, 0) is 4.74 Å². The fourth-order valence-corrected chi connectivity index (χ4v) is 2.70. The van der Waals surface area contributed by atoms with E-state index in [9.17, 15) is 5.11 Å². The van der Waals surface area contributed by atoms with Crippen LogP contribution in [0.2, 0.25) is 0 Å². The molecular formula is C15H26N4O2. The van der Waals surface area contributed by atoms with E-state index in [-0.39, 0.29) is 5.60 Å². The van der Waals surface area contributed by atoms with Crippen molar-refractivity contribution < 1.29 is 9.84 Å². The van der Waals surface area contributed by atoms with E-state index in [0.29, 0.717) is 11.7 Å². The topological polar surface area (TPSA) is 84.5 Å². The van der Waals surface area contributed by atoms with Gasteiger partial charge in [0.1, 0.15) is 5.82 Å². The highest BCUT2D eigenvalue weighted by molar-refractivity contribution is 5.33. The van der Waals surface area contributed by atoms with Gasteiger partial charge in [-0.3, -0.25) is 4.90 Å². The average molecular weight is 294 g/mol. The van der Waals surface area contributed by atoms with Crippen LogP contribution in [0.4, 0.5) is 5.82 Å². The number of nitrogen functional groups attached to an aromatic ring is 1. The van der Waals surface area contributed by atoms with Crippen LogP contribution >= 0.6 is 0 Å². The zero-order valence-electron chi connectivity index (χ0n) is 13.3. The van der Waals surface area contributed by atoms with Gasteiger partial charge in [-0.05, 0) is 52.2 Å². The third-order valence-corrected chi connectivity index (χ3v) is 3.73. The summed E-state index contributed by atoms with van der Waals surface area (Å²) >= 11 is 0. The van der Waals surface area contributed by atoms with Gasteiger partial charge in [0.2, 0.25) is 6.41 Å². The summed E-state index contributed by atoms with van der Waals surface area (Å²) in [4.78, 5) is 1.96. The Morgan fingerprint density at radius 1 is 1.33 bits per heavy atom. The Kier molecular flexibility index (Phi) is 4.81. The Morgan fingerprint density at radius 3 is 2.48 bits per heavy atom. The minimum Gasteiger partial charge on any atom is -0.382 e. The standard InChI is InChI=1S/C15H26N4O2/c1-10-9-12(16)17-18-13(10)11-5-7-19(8-6-11)14(20)21-15(2,3)4/h9,11,14,20H,5-8H2,1-4H3,(H2,16,17). The molecule has 1 unspecified atom stereocenters. The molecule has 1 aromatic heterocycles. The predicted molar refractivity (Wildman–Crippen MR) is 81.6 cm³/mol. The molecule has 1 aliphatic heterocycles. The van der Waals surface area contributed by atoms with Crippen molar-refractivity contribution in [1.29, 1.82) is 0 Å². The zero-order chi connectivity index (χ0) is 15.6. The third kappa shape index (κ3) is 4.36. The molecule has 1 saturated heterocycles. The molecule has 1 aliphatic rings. The van der Waals surface area contributed by atoms with Gasteiger partial charge in [-0.1, -0.05) is 0 Å². The SMILES string of the molecule is Cc1cc(N)nnc1C1CCN(C(O)OC(C)(C)C)CC1. The maximum Gasteiger partial charge on any atom is 0.216 e. The molecule has 118 valence electrons. The van der Waals surface area contributed by atoms with Gasteiger partial charge >= 0.3 is 0 Å². The van der Waals surface area contributed by atoms with E-state index in [4.69, 9.17) is 10.5 Å². The molecule has 0 saturated carbocycles. The van der Waals surface area contributed by atoms with Crippen molar-refractivity contribution in [3.8, 4) is 0 Å². The Bertz CT molecular complexity index is 479. The molecule has 2 heterocycles. The Morgan fingerprint density at radius 2 is 1.95 bits per heavy atom. The fraction of sp³-hybridized carbons (Fsp3) is 0.733. The van der Waals surface area contributed by atoms with Gasteiger partial charge in [-0.25, -0.2) is 0 Å². The number of ether oxygens (including phenoxy) is 1. The van der Waals surface area contributed by atoms with E-state index in [2.05, 4.69) is 10.2 Å². The second-order valence-electron chi connectivity index (χ2n) is 6.70. The van der Waals surface area contributed by atoms with Crippen molar-refractivity contribution in [3.63, 3.8) is 0 Å². The maximum absolute atomic E-state index is 10.1. The van der Waals surface area contributed by atoms with E-state index < -0.39 is 6.41 Å². The lowest BCUT2D eigenvalue weighted by Crippen LogP contribution is -2.45. The highest BCUT2D eigenvalue weighted by atomic mass is 16.6. The van der Waals surface area contributed by atoms with Crippen LogP contribution in [0.3, 0.4) is 0 Å². The molecule has 6 heteroatoms. The first-order valence-electron chi connectivity index (χ1n) is 7.46. The number of rotatable bonds is 3. The first kappa shape index (κ1) is 16.1. The summed E-state index contributed by atoms with van der Waals surface area (Å²) in [5, 5.41) is 18.3. The molecule has 21 heavy (non-hydrogen) atoms. The van der Waals surface area contributed by atoms with E-state index >= 15 is 0 Å². The van der Waals surface area contributed by atoms with Gasteiger partial charge in [0, 0.05) is 19.0 Å². The lowest BCUT2D eigenvalue weighted by atomic mass is 9.91. The molecule has 1 fully saturated rings. The Hall–Kier alpha value is -1.24. The van der Waals surface area contributed by atoms with Crippen LogP contribution in [0.1, 0.15) is 50.8 Å². The van der Waals surface area contributed by atoms with Crippen LogP contribution in [-0.4, -0.2) is 45.3 Å². The van der Waals surface area contributed by atoms with E-state index in [1.807, 2.05) is 38.7 Å². The van der Waals surface area contributed by atoms with E-state index in [1.54, 1.807) is 0 Å². The van der Waals surface area contributed by atoms with Gasteiger partial charge in [0.15, 0.2) is 0 Å². The molecule has 3 N–H and O–H groups in total. The maximum atomic E-state index is 10.1. The lowest BCUT2D eigenvalue weighted by molar-refractivity contribution is -0.242. The molecule has 0 radical (unpaired) electrons. The van der Waals surface area contributed by atoms with Crippen molar-refractivity contribution >= 4 is 5.82 Å². The number of hydrogen-bond donors (Lipinski definition) is 2. The van der Waals surface area contributed by atoms with Crippen LogP contribution in [0.5, 0.6) is 0 Å². The highest BCUT2D eigenvalue weighted by Crippen LogP contribution is 2.29. The lowest BCUT2D eigenvalue weighted by Gasteiger charge is -2.37. The first-order valence-corrected chi connectivity index (χ1v) is 7.46. The molecule has 0 spiro atoms. The minimum absolute atomic E-state index is 0.352. The minimum atomic E-state index is -0.843. The Balaban J connectivity index is 1.94. The summed E-state index contributed by atoms with van der Waals surface area (Å²) in [5.74, 6) is 0.832. The quantitative estimate of drug-likeness (QED) is 0.824. The summed E-state index contributed by atoms with van der Waals surface area (Å²) in [5.41, 5.74) is 7.41. The van der Waals surface area contributed by atoms with Gasteiger partial charge in [-0.15, -0.1) is 5.10 Å². The number of aromatic nitrogens is 2. The molecule has 0 amide bonds. The van der Waals surface area contributed by atoms with Crippen molar-refractivity contribution in [2.75, 3.05) is 18.8 Å². The highest BCUT2D eigenvalue weighted by Gasteiger charge is 2.29. The number of aliphatic hydroxyl groups is 1. The number of anilines is 1. The average Bonchev–Trinajstić information content (AvgIpc) is 2.37. The summed E-state index contributed by atoms with van der Waals surface area (Å²) in [6.07, 6.45) is 1.03. The third-order valence-electron chi connectivity index (χ3n) is 3.73. The van der Waals surface area contributed by atoms with Crippen LogP contribution in [0.25, 0.3) is 0 Å². The second-order valence-corrected chi connectivity index (χ2v) is 6.70. The summed E-state index contributed by atoms with van der Waals surface area (Å²) in [7, 11) is 0. The molecule has 1 aromatic rings. The number of hydrogen-bond acceptors (Lipinski definition) is 6. The number of piperidine rings is 1. The zero-order valence-corrected chi connectivity index (χ0v) is 13.3. The van der Waals surface area contributed by atoms with Crippen LogP contribution in [0, 0.1) is 6.92 Å². The number of likely N-dealkylation sites (tertiary alicyclic amines) is 1. The predicted octanol–water partition coefficient (Wildman–Crippen LogP) is 1.64. The van der Waals surface area contributed by atoms with Gasteiger partial charge in [0.25, 0.3) is 0 Å². The van der Waals surface area contributed by atoms with Gasteiger partial charge in [0.05, 0.1) is 11.3 Å². The van der Waals surface area contributed by atoms with Crippen molar-refractivity contribution in [2.45, 2.75) is 58.5 Å². The second kappa shape index (κ2) is 6.25. The van der Waals surface area contributed by atoms with Crippen molar-refractivity contribution in [3.05, 3.63) is 17.3 Å². The van der Waals surface area contributed by atoms with Crippen LogP contribution < -0.4 is 5.73 Å². The van der Waals surface area contributed by atoms with Gasteiger partial charge < -0.3 is 15.6 Å². The van der Waals surface area contributed by atoms with Crippen LogP contribution in [0.15, 0.2) is 6.07 Å². The van der Waals surface area contributed by atoms with E-state index in [1.165, 1.54) is 0 Å². The molecule has 0 aliphatic carbocycles. The number of aliphatic hydroxyl groups excluding tert-OH is 1. The summed E-state index contributed by atoms with van der Waals surface area (Å²) < 4.78 is 5.59. The largest absolute Gasteiger partial charge is 0.382 e. The molecule has 0 aromatic carbocycles. The molecular weight excluding hydrogens is 268 g/mol. The fourth-order valence-electron chi connectivity index (χ4n) is 2.70. The molecule has 6 nitrogen and oxygen atoms in total. The Labute approximate surface area is 126 Å². The summed E-state index contributed by atoms with van der Waals surface area (Å²) in [6.45, 7) is 9.41. The molecule has 0 bridgehead atoms. The van der Waals surface area contributed by atoms with E-state index in [0.717, 1.165) is 37.2 Å². The van der Waals surface area contributed by atoms with Crippen molar-refractivity contribution in [2.24, 2.45) is 0 Å².